The van der Waals surface area contributed by atoms with E-state index in [4.69, 9.17) is 18.9 Å². The summed E-state index contributed by atoms with van der Waals surface area (Å²) >= 11 is 0. The average Bonchev–Trinajstić information content (AvgIpc) is 3.07. The van der Waals surface area contributed by atoms with Crippen molar-refractivity contribution in [2.75, 3.05) is 21.3 Å². The number of hydrogen-bond acceptors (Lipinski definition) is 8. The normalized spacial score (nSPS) is 14.4. The standard InChI is InChI=1S/C20H18N2O7/c1-11-7-12(5-6-15(11)22(24)25)19-21-14(20(23)29-19)8-13-9-17(27-3)18(28-4)10-16(13)26-2/h5-10H,1-4H3/b14-8-. The van der Waals surface area contributed by atoms with Gasteiger partial charge in [0, 0.05) is 28.8 Å². The summed E-state index contributed by atoms with van der Waals surface area (Å²) in [6.07, 6.45) is 1.51. The van der Waals surface area contributed by atoms with Crippen LogP contribution in [0, 0.1) is 17.0 Å². The molecule has 0 saturated heterocycles. The molecule has 9 heteroatoms. The molecular formula is C20H18N2O7. The third-order valence-electron chi connectivity index (χ3n) is 4.29. The fourth-order valence-corrected chi connectivity index (χ4v) is 2.84. The van der Waals surface area contributed by atoms with E-state index in [1.165, 1.54) is 39.5 Å². The summed E-state index contributed by atoms with van der Waals surface area (Å²) in [5, 5.41) is 11.0. The van der Waals surface area contributed by atoms with Gasteiger partial charge >= 0.3 is 5.97 Å². The number of nitro benzene ring substituents is 1. The first-order valence-corrected chi connectivity index (χ1v) is 8.46. The highest BCUT2D eigenvalue weighted by Gasteiger charge is 2.26. The van der Waals surface area contributed by atoms with Crippen LogP contribution in [0.4, 0.5) is 5.69 Å². The minimum atomic E-state index is -0.646. The van der Waals surface area contributed by atoms with Gasteiger partial charge in [-0.2, -0.15) is 0 Å². The van der Waals surface area contributed by atoms with Crippen LogP contribution in [0.1, 0.15) is 16.7 Å². The zero-order valence-corrected chi connectivity index (χ0v) is 16.2. The highest BCUT2D eigenvalue weighted by atomic mass is 16.6. The van der Waals surface area contributed by atoms with Gasteiger partial charge in [0.05, 0.1) is 26.3 Å². The van der Waals surface area contributed by atoms with Crippen molar-refractivity contribution < 1.29 is 28.7 Å². The second kappa shape index (κ2) is 8.01. The minimum absolute atomic E-state index is 0.0236. The van der Waals surface area contributed by atoms with Crippen LogP contribution in [0.15, 0.2) is 41.0 Å². The molecule has 3 rings (SSSR count). The topological polar surface area (TPSA) is 109 Å². The molecule has 0 unspecified atom stereocenters. The lowest BCUT2D eigenvalue weighted by Crippen LogP contribution is -2.06. The lowest BCUT2D eigenvalue weighted by molar-refractivity contribution is -0.385. The number of aryl methyl sites for hydroxylation is 1. The molecule has 1 heterocycles. The van der Waals surface area contributed by atoms with Crippen molar-refractivity contribution in [1.82, 2.24) is 0 Å². The highest BCUT2D eigenvalue weighted by molar-refractivity contribution is 6.13. The molecule has 2 aromatic rings. The van der Waals surface area contributed by atoms with E-state index in [0.29, 0.717) is 33.9 Å². The zero-order valence-electron chi connectivity index (χ0n) is 16.2. The number of benzene rings is 2. The van der Waals surface area contributed by atoms with Gasteiger partial charge in [0.1, 0.15) is 5.75 Å². The number of ether oxygens (including phenoxy) is 4. The maximum Gasteiger partial charge on any atom is 0.363 e. The Morgan fingerprint density at radius 1 is 1.03 bits per heavy atom. The summed E-state index contributed by atoms with van der Waals surface area (Å²) in [7, 11) is 4.50. The second-order valence-corrected chi connectivity index (χ2v) is 6.04. The number of cyclic esters (lactones) is 1. The molecule has 1 aliphatic rings. The van der Waals surface area contributed by atoms with Crippen LogP contribution >= 0.6 is 0 Å². The summed E-state index contributed by atoms with van der Waals surface area (Å²) in [4.78, 5) is 27.0. The van der Waals surface area contributed by atoms with Crippen LogP contribution in [0.5, 0.6) is 17.2 Å². The molecule has 0 spiro atoms. The number of esters is 1. The quantitative estimate of drug-likeness (QED) is 0.318. The number of aliphatic imine (C=N–C) groups is 1. The molecule has 0 fully saturated rings. The predicted molar refractivity (Wildman–Crippen MR) is 105 cm³/mol. The SMILES string of the molecule is COc1cc(OC)c(OC)cc1/C=C1\N=C(c2ccc([N+](=O)[O-])c(C)c2)OC1=O. The van der Waals surface area contributed by atoms with E-state index in [-0.39, 0.29) is 17.3 Å². The Hall–Kier alpha value is -3.88. The number of nitrogens with zero attached hydrogens (tertiary/aromatic N) is 2. The number of carbonyl (C=O) groups excluding carboxylic acids is 1. The Morgan fingerprint density at radius 3 is 2.28 bits per heavy atom. The summed E-state index contributed by atoms with van der Waals surface area (Å²) in [6.45, 7) is 1.60. The van der Waals surface area contributed by atoms with E-state index in [0.717, 1.165) is 0 Å². The Labute approximate surface area is 166 Å². The average molecular weight is 398 g/mol. The Morgan fingerprint density at radius 2 is 1.69 bits per heavy atom. The van der Waals surface area contributed by atoms with Gasteiger partial charge in [0.2, 0.25) is 5.90 Å². The largest absolute Gasteiger partial charge is 0.496 e. The lowest BCUT2D eigenvalue weighted by atomic mass is 10.1. The molecule has 0 atom stereocenters. The Balaban J connectivity index is 2.01. The van der Waals surface area contributed by atoms with E-state index in [1.54, 1.807) is 25.1 Å². The molecule has 0 aromatic heterocycles. The molecular weight excluding hydrogens is 380 g/mol. The molecule has 0 bridgehead atoms. The van der Waals surface area contributed by atoms with Gasteiger partial charge in [-0.25, -0.2) is 9.79 Å². The number of methoxy groups -OCH3 is 3. The van der Waals surface area contributed by atoms with Crippen LogP contribution < -0.4 is 14.2 Å². The maximum atomic E-state index is 12.3. The first kappa shape index (κ1) is 19.9. The van der Waals surface area contributed by atoms with Crippen molar-refractivity contribution in [3.8, 4) is 17.2 Å². The lowest BCUT2D eigenvalue weighted by Gasteiger charge is -2.12. The first-order chi connectivity index (χ1) is 13.9. The summed E-state index contributed by atoms with van der Waals surface area (Å²) in [5.41, 5.74) is 1.47. The maximum absolute atomic E-state index is 12.3. The predicted octanol–water partition coefficient (Wildman–Crippen LogP) is 3.27. The van der Waals surface area contributed by atoms with Gasteiger partial charge in [0.15, 0.2) is 17.2 Å². The van der Waals surface area contributed by atoms with E-state index in [9.17, 15) is 14.9 Å². The van der Waals surface area contributed by atoms with Crippen molar-refractivity contribution in [3.05, 3.63) is 62.8 Å². The van der Waals surface area contributed by atoms with E-state index in [2.05, 4.69) is 4.99 Å². The fourth-order valence-electron chi connectivity index (χ4n) is 2.84. The van der Waals surface area contributed by atoms with Gasteiger partial charge in [-0.15, -0.1) is 0 Å². The molecule has 29 heavy (non-hydrogen) atoms. The monoisotopic (exact) mass is 398 g/mol. The number of carbonyl (C=O) groups is 1. The zero-order chi connectivity index (χ0) is 21.1. The fraction of sp³-hybridized carbons (Fsp3) is 0.200. The molecule has 9 nitrogen and oxygen atoms in total. The van der Waals surface area contributed by atoms with E-state index in [1.807, 2.05) is 0 Å². The van der Waals surface area contributed by atoms with Crippen molar-refractivity contribution >= 4 is 23.6 Å². The van der Waals surface area contributed by atoms with Gasteiger partial charge in [-0.05, 0) is 31.2 Å². The smallest absolute Gasteiger partial charge is 0.363 e. The second-order valence-electron chi connectivity index (χ2n) is 6.04. The van der Waals surface area contributed by atoms with Gasteiger partial charge in [-0.3, -0.25) is 10.1 Å². The van der Waals surface area contributed by atoms with Crippen molar-refractivity contribution in [3.63, 3.8) is 0 Å². The van der Waals surface area contributed by atoms with E-state index < -0.39 is 10.9 Å². The first-order valence-electron chi connectivity index (χ1n) is 8.46. The summed E-state index contributed by atoms with van der Waals surface area (Å²) < 4.78 is 21.1. The number of rotatable bonds is 6. The van der Waals surface area contributed by atoms with Crippen LogP contribution in [0.3, 0.4) is 0 Å². The van der Waals surface area contributed by atoms with Gasteiger partial charge in [-0.1, -0.05) is 0 Å². The third-order valence-corrected chi connectivity index (χ3v) is 4.29. The summed E-state index contributed by atoms with van der Waals surface area (Å²) in [5.74, 6) is 0.817. The van der Waals surface area contributed by atoms with Crippen molar-refractivity contribution in [2.24, 2.45) is 4.99 Å². The summed E-state index contributed by atoms with van der Waals surface area (Å²) in [6, 6.07) is 7.67. The number of hydrogen-bond donors (Lipinski definition) is 0. The van der Waals surface area contributed by atoms with Crippen LogP contribution in [0.2, 0.25) is 0 Å². The molecule has 150 valence electrons. The van der Waals surface area contributed by atoms with E-state index >= 15 is 0 Å². The van der Waals surface area contributed by atoms with Gasteiger partial charge in [0.25, 0.3) is 5.69 Å². The number of nitro groups is 1. The minimum Gasteiger partial charge on any atom is -0.496 e. The van der Waals surface area contributed by atoms with Crippen LogP contribution in [-0.4, -0.2) is 38.1 Å². The molecule has 0 saturated carbocycles. The van der Waals surface area contributed by atoms with Gasteiger partial charge < -0.3 is 18.9 Å². The van der Waals surface area contributed by atoms with Crippen LogP contribution in [0.25, 0.3) is 6.08 Å². The molecule has 0 aliphatic carbocycles. The van der Waals surface area contributed by atoms with Crippen LogP contribution in [-0.2, 0) is 9.53 Å². The molecule has 0 N–H and O–H groups in total. The molecule has 0 radical (unpaired) electrons. The molecule has 1 aliphatic heterocycles. The Bertz CT molecular complexity index is 1060. The molecule has 0 amide bonds. The van der Waals surface area contributed by atoms with Crippen molar-refractivity contribution in [2.45, 2.75) is 6.92 Å². The highest BCUT2D eigenvalue weighted by Crippen LogP contribution is 2.36. The molecule has 2 aromatic carbocycles. The Kier molecular flexibility index (Phi) is 5.49. The third kappa shape index (κ3) is 3.88. The van der Waals surface area contributed by atoms with Crippen molar-refractivity contribution in [1.29, 1.82) is 0 Å².